The lowest BCUT2D eigenvalue weighted by Gasteiger charge is -2.22. The summed E-state index contributed by atoms with van der Waals surface area (Å²) in [6, 6.07) is 0. The maximum absolute atomic E-state index is 5.72. The van der Waals surface area contributed by atoms with Crippen LogP contribution in [0.4, 0.5) is 5.82 Å². The molecular weight excluding hydrogens is 178 g/mol. The van der Waals surface area contributed by atoms with Crippen molar-refractivity contribution >= 4 is 5.82 Å². The number of rotatable bonds is 2. The molecule has 0 atom stereocenters. The van der Waals surface area contributed by atoms with Crippen molar-refractivity contribution in [2.75, 3.05) is 5.73 Å². The summed E-state index contributed by atoms with van der Waals surface area (Å²) in [5, 5.41) is 0. The maximum Gasteiger partial charge on any atom is 0.222 e. The normalized spacial score (nSPS) is 11.4. The molecule has 0 fully saturated rings. The number of ether oxygens (including phenoxy) is 1. The molecule has 4 nitrogen and oxygen atoms in total. The molecule has 0 unspecified atom stereocenters. The van der Waals surface area contributed by atoms with Crippen molar-refractivity contribution in [3.8, 4) is 5.88 Å². The van der Waals surface area contributed by atoms with Crippen LogP contribution in [0.25, 0.3) is 0 Å². The monoisotopic (exact) mass is 195 g/mol. The van der Waals surface area contributed by atoms with Gasteiger partial charge < -0.3 is 10.5 Å². The molecule has 2 N–H and O–H groups in total. The standard InChI is InChI=1S/C10H17N3O/c1-5-7-8(11)12-6-13-9(7)14-10(2,3)4/h6H,5H2,1-4H3,(H2,11,12,13). The number of nitrogen functional groups attached to an aromatic ring is 1. The largest absolute Gasteiger partial charge is 0.472 e. The Labute approximate surface area is 84.5 Å². The zero-order valence-electron chi connectivity index (χ0n) is 9.16. The van der Waals surface area contributed by atoms with E-state index in [4.69, 9.17) is 10.5 Å². The molecule has 0 radical (unpaired) electrons. The summed E-state index contributed by atoms with van der Waals surface area (Å²) in [4.78, 5) is 8.01. The highest BCUT2D eigenvalue weighted by molar-refractivity contribution is 5.44. The lowest BCUT2D eigenvalue weighted by atomic mass is 10.2. The Morgan fingerprint density at radius 2 is 2.00 bits per heavy atom. The molecule has 78 valence electrons. The minimum absolute atomic E-state index is 0.259. The fourth-order valence-electron chi connectivity index (χ4n) is 1.12. The first kappa shape index (κ1) is 10.8. The van der Waals surface area contributed by atoms with Crippen molar-refractivity contribution in [2.45, 2.75) is 39.7 Å². The highest BCUT2D eigenvalue weighted by atomic mass is 16.5. The van der Waals surface area contributed by atoms with Gasteiger partial charge in [-0.2, -0.15) is 0 Å². The van der Waals surface area contributed by atoms with Gasteiger partial charge in [0.2, 0.25) is 5.88 Å². The van der Waals surface area contributed by atoms with E-state index < -0.39 is 0 Å². The van der Waals surface area contributed by atoms with Gasteiger partial charge in [0.05, 0.1) is 5.56 Å². The summed E-state index contributed by atoms with van der Waals surface area (Å²) >= 11 is 0. The quantitative estimate of drug-likeness (QED) is 0.781. The summed E-state index contributed by atoms with van der Waals surface area (Å²) in [5.41, 5.74) is 6.34. The van der Waals surface area contributed by atoms with Crippen LogP contribution in [0.1, 0.15) is 33.3 Å². The number of nitrogens with zero attached hydrogens (tertiary/aromatic N) is 2. The molecule has 1 rings (SSSR count). The third-order valence-electron chi connectivity index (χ3n) is 1.70. The van der Waals surface area contributed by atoms with Crippen molar-refractivity contribution in [1.82, 2.24) is 9.97 Å². The van der Waals surface area contributed by atoms with E-state index in [-0.39, 0.29) is 5.60 Å². The van der Waals surface area contributed by atoms with Crippen LogP contribution in [-0.4, -0.2) is 15.6 Å². The topological polar surface area (TPSA) is 61.0 Å². The summed E-state index contributed by atoms with van der Waals surface area (Å²) in [5.74, 6) is 1.09. The molecule has 0 aromatic carbocycles. The van der Waals surface area contributed by atoms with E-state index in [0.29, 0.717) is 11.7 Å². The van der Waals surface area contributed by atoms with Crippen LogP contribution < -0.4 is 10.5 Å². The van der Waals surface area contributed by atoms with Gasteiger partial charge in [0.1, 0.15) is 17.7 Å². The lowest BCUT2D eigenvalue weighted by Crippen LogP contribution is -2.24. The second kappa shape index (κ2) is 3.82. The molecule has 0 saturated heterocycles. The van der Waals surface area contributed by atoms with Crippen LogP contribution in [0.2, 0.25) is 0 Å². The molecule has 14 heavy (non-hydrogen) atoms. The molecule has 0 aliphatic heterocycles. The first-order chi connectivity index (χ1) is 6.44. The average Bonchev–Trinajstić information content (AvgIpc) is 2.01. The third-order valence-corrected chi connectivity index (χ3v) is 1.70. The molecule has 1 heterocycles. The Morgan fingerprint density at radius 3 is 2.50 bits per heavy atom. The van der Waals surface area contributed by atoms with Crippen LogP contribution in [0.3, 0.4) is 0 Å². The Hall–Kier alpha value is -1.32. The second-order valence-corrected chi connectivity index (χ2v) is 4.11. The van der Waals surface area contributed by atoms with Crippen molar-refractivity contribution in [1.29, 1.82) is 0 Å². The van der Waals surface area contributed by atoms with Gasteiger partial charge in [0.25, 0.3) is 0 Å². The number of aromatic nitrogens is 2. The Morgan fingerprint density at radius 1 is 1.36 bits per heavy atom. The Kier molecular flexibility index (Phi) is 2.93. The van der Waals surface area contributed by atoms with E-state index in [9.17, 15) is 0 Å². The first-order valence-electron chi connectivity index (χ1n) is 4.72. The Balaban J connectivity index is 3.02. The van der Waals surface area contributed by atoms with Crippen molar-refractivity contribution in [3.63, 3.8) is 0 Å². The van der Waals surface area contributed by atoms with Gasteiger partial charge in [0.15, 0.2) is 0 Å². The second-order valence-electron chi connectivity index (χ2n) is 4.11. The third kappa shape index (κ3) is 2.58. The fraction of sp³-hybridized carbons (Fsp3) is 0.600. The smallest absolute Gasteiger partial charge is 0.222 e. The predicted molar refractivity (Wildman–Crippen MR) is 56.2 cm³/mol. The minimum atomic E-state index is -0.259. The van der Waals surface area contributed by atoms with Gasteiger partial charge in [-0.05, 0) is 27.2 Å². The molecule has 0 spiro atoms. The molecule has 1 aromatic heterocycles. The number of anilines is 1. The minimum Gasteiger partial charge on any atom is -0.472 e. The van der Waals surface area contributed by atoms with E-state index in [1.54, 1.807) is 0 Å². The highest BCUT2D eigenvalue weighted by Gasteiger charge is 2.16. The summed E-state index contributed by atoms with van der Waals surface area (Å²) in [6.45, 7) is 7.94. The molecule has 0 aliphatic carbocycles. The van der Waals surface area contributed by atoms with Crippen LogP contribution in [0.15, 0.2) is 6.33 Å². The van der Waals surface area contributed by atoms with Gasteiger partial charge in [-0.25, -0.2) is 9.97 Å². The van der Waals surface area contributed by atoms with Crippen LogP contribution in [0, 0.1) is 0 Å². The average molecular weight is 195 g/mol. The van der Waals surface area contributed by atoms with Crippen molar-refractivity contribution < 1.29 is 4.74 Å². The van der Waals surface area contributed by atoms with Gasteiger partial charge in [-0.15, -0.1) is 0 Å². The zero-order chi connectivity index (χ0) is 10.8. The SMILES string of the molecule is CCc1c(N)ncnc1OC(C)(C)C. The van der Waals surface area contributed by atoms with Gasteiger partial charge in [-0.1, -0.05) is 6.92 Å². The molecule has 0 aliphatic rings. The van der Waals surface area contributed by atoms with Crippen molar-refractivity contribution in [3.05, 3.63) is 11.9 Å². The van der Waals surface area contributed by atoms with E-state index in [1.807, 2.05) is 27.7 Å². The molecule has 4 heteroatoms. The maximum atomic E-state index is 5.72. The number of hydrogen-bond donors (Lipinski definition) is 1. The Bertz CT molecular complexity index is 318. The van der Waals surface area contributed by atoms with Crippen molar-refractivity contribution in [2.24, 2.45) is 0 Å². The predicted octanol–water partition coefficient (Wildman–Crippen LogP) is 1.80. The zero-order valence-corrected chi connectivity index (χ0v) is 9.16. The van der Waals surface area contributed by atoms with Crippen LogP contribution in [0.5, 0.6) is 5.88 Å². The van der Waals surface area contributed by atoms with E-state index in [0.717, 1.165) is 12.0 Å². The summed E-state index contributed by atoms with van der Waals surface area (Å²) < 4.78 is 5.67. The van der Waals surface area contributed by atoms with E-state index in [2.05, 4.69) is 9.97 Å². The molecule has 0 saturated carbocycles. The number of nitrogens with two attached hydrogens (primary N) is 1. The number of hydrogen-bond acceptors (Lipinski definition) is 4. The van der Waals surface area contributed by atoms with Crippen LogP contribution in [-0.2, 0) is 6.42 Å². The summed E-state index contributed by atoms with van der Waals surface area (Å²) in [7, 11) is 0. The van der Waals surface area contributed by atoms with Gasteiger partial charge in [0, 0.05) is 0 Å². The van der Waals surface area contributed by atoms with Crippen LogP contribution >= 0.6 is 0 Å². The van der Waals surface area contributed by atoms with E-state index in [1.165, 1.54) is 6.33 Å². The molecular formula is C10H17N3O. The lowest BCUT2D eigenvalue weighted by molar-refractivity contribution is 0.122. The van der Waals surface area contributed by atoms with Gasteiger partial charge >= 0.3 is 0 Å². The van der Waals surface area contributed by atoms with E-state index >= 15 is 0 Å². The fourth-order valence-corrected chi connectivity index (χ4v) is 1.12. The first-order valence-corrected chi connectivity index (χ1v) is 4.72. The molecule has 0 bridgehead atoms. The highest BCUT2D eigenvalue weighted by Crippen LogP contribution is 2.23. The molecule has 0 amide bonds. The molecule has 1 aromatic rings. The van der Waals surface area contributed by atoms with Gasteiger partial charge in [-0.3, -0.25) is 0 Å². The summed E-state index contributed by atoms with van der Waals surface area (Å²) in [6.07, 6.45) is 2.20.